The number of halogens is 2. The highest BCUT2D eigenvalue weighted by Gasteiger charge is 2.43. The molecular weight excluding hydrogens is 979 g/mol. The molecule has 0 radical (unpaired) electrons. The fourth-order valence-electron chi connectivity index (χ4n) is 8.97. The second-order valence-electron chi connectivity index (χ2n) is 21.4. The van der Waals surface area contributed by atoms with Crippen LogP contribution in [0.2, 0.25) is 0 Å². The molecule has 1 aromatic heterocycles. The summed E-state index contributed by atoms with van der Waals surface area (Å²) < 4.78 is 56.0. The first-order valence-electron chi connectivity index (χ1n) is 26.6. The molecule has 5 heterocycles. The number of fused-ring (bicyclic) bond motifs is 6. The molecule has 5 aliphatic rings. The summed E-state index contributed by atoms with van der Waals surface area (Å²) in [7, 11) is 0. The lowest BCUT2D eigenvalue weighted by atomic mass is 9.98. The van der Waals surface area contributed by atoms with Crippen LogP contribution in [0.15, 0.2) is 121 Å². The molecule has 76 heavy (non-hydrogen) atoms. The van der Waals surface area contributed by atoms with Crippen LogP contribution in [-0.4, -0.2) is 24.8 Å². The predicted molar refractivity (Wildman–Crippen MR) is 301 cm³/mol. The molecular formula is C65H74F2O8S. The third-order valence-corrected chi connectivity index (χ3v) is 14.7. The van der Waals surface area contributed by atoms with Crippen molar-refractivity contribution in [3.05, 3.63) is 187 Å². The number of aryl methyl sites for hydroxylation is 1. The zero-order valence-corrected chi connectivity index (χ0v) is 47.0. The Bertz CT molecular complexity index is 2980. The van der Waals surface area contributed by atoms with E-state index in [0.29, 0.717) is 55.2 Å². The topological polar surface area (TPSA) is 89.5 Å². The van der Waals surface area contributed by atoms with Crippen molar-refractivity contribution in [3.63, 3.8) is 0 Å². The van der Waals surface area contributed by atoms with Crippen molar-refractivity contribution in [3.8, 4) is 23.0 Å². The fourth-order valence-corrected chi connectivity index (χ4v) is 9.79. The number of cyclic esters (lactones) is 1. The second kappa shape index (κ2) is 25.5. The summed E-state index contributed by atoms with van der Waals surface area (Å²) in [5.41, 5.74) is 14.3. The second-order valence-corrected chi connectivity index (χ2v) is 22.4. The van der Waals surface area contributed by atoms with Crippen molar-refractivity contribution in [1.82, 2.24) is 0 Å². The lowest BCUT2D eigenvalue weighted by molar-refractivity contribution is -0.286. The van der Waals surface area contributed by atoms with Crippen molar-refractivity contribution >= 4 is 33.2 Å². The van der Waals surface area contributed by atoms with Crippen LogP contribution in [0.4, 0.5) is 8.78 Å². The van der Waals surface area contributed by atoms with Gasteiger partial charge in [0.05, 0.1) is 18.8 Å². The Morgan fingerprint density at radius 2 is 0.987 bits per heavy atom. The molecule has 0 amide bonds. The van der Waals surface area contributed by atoms with Gasteiger partial charge in [-0.25, -0.2) is 4.79 Å². The van der Waals surface area contributed by atoms with Gasteiger partial charge in [-0.1, -0.05) is 150 Å². The van der Waals surface area contributed by atoms with Crippen LogP contribution in [0.1, 0.15) is 201 Å². The van der Waals surface area contributed by atoms with Crippen LogP contribution >= 0.6 is 11.3 Å². The zero-order chi connectivity index (χ0) is 54.8. The van der Waals surface area contributed by atoms with Gasteiger partial charge in [0, 0.05) is 22.2 Å². The summed E-state index contributed by atoms with van der Waals surface area (Å²) in [5.74, 6) is 5.12. The first-order valence-corrected chi connectivity index (χ1v) is 27.5. The molecule has 0 bridgehead atoms. The van der Waals surface area contributed by atoms with E-state index in [9.17, 15) is 18.4 Å². The van der Waals surface area contributed by atoms with Crippen LogP contribution in [-0.2, 0) is 35.7 Å². The maximum Gasteiger partial charge on any atom is 0.586 e. The van der Waals surface area contributed by atoms with E-state index < -0.39 is 6.29 Å². The Morgan fingerprint density at radius 3 is 1.63 bits per heavy atom. The molecule has 0 fully saturated rings. The third-order valence-electron chi connectivity index (χ3n) is 13.8. The molecule has 11 heteroatoms. The maximum atomic E-state index is 12.6. The van der Waals surface area contributed by atoms with Gasteiger partial charge in [-0.05, 0) is 151 Å². The Balaban J connectivity index is 0.000000133. The number of carbonyl (C=O) groups excluding carboxylic acids is 2. The molecule has 0 atom stereocenters. The molecule has 0 unspecified atom stereocenters. The molecule has 1 aliphatic carbocycles. The van der Waals surface area contributed by atoms with Gasteiger partial charge >= 0.3 is 12.3 Å². The number of benzene rings is 6. The summed E-state index contributed by atoms with van der Waals surface area (Å²) >= 11 is 1.82. The molecule has 0 saturated carbocycles. The maximum absolute atomic E-state index is 12.6. The minimum absolute atomic E-state index is 0.0967. The number of ketones is 1. The molecule has 6 aromatic carbocycles. The lowest BCUT2D eigenvalue weighted by Gasteiger charge is -2.06. The van der Waals surface area contributed by atoms with Gasteiger partial charge in [0.1, 0.15) is 6.61 Å². The number of hydrogen-bond donors (Lipinski definition) is 0. The SMILES string of the molecule is CC(C)c1ccc2c(c1)C(=O)CC2.CC(C)c1ccc2c(c1)C(=O)OC2.CC(C)c1ccc2c(c1)COC2.CC(C)c1ccc2c(c1)OC(F)(F)O2.CC(C)c1ccc2c(c1)OCO2.CC(C)c1cccc2sccc12. The van der Waals surface area contributed by atoms with E-state index in [2.05, 4.69) is 157 Å². The van der Waals surface area contributed by atoms with E-state index in [0.717, 1.165) is 53.4 Å². The smallest absolute Gasteiger partial charge is 0.457 e. The van der Waals surface area contributed by atoms with Crippen molar-refractivity contribution < 1.29 is 46.8 Å². The number of Topliss-reactive ketones (excluding diaryl/α,β-unsaturated/α-hetero) is 1. The normalized spacial score (nSPS) is 14.7. The highest BCUT2D eigenvalue weighted by atomic mass is 32.1. The van der Waals surface area contributed by atoms with E-state index >= 15 is 0 Å². The van der Waals surface area contributed by atoms with Crippen LogP contribution in [0.25, 0.3) is 10.1 Å². The van der Waals surface area contributed by atoms with E-state index in [1.807, 2.05) is 49.4 Å². The Hall–Kier alpha value is -6.56. The van der Waals surface area contributed by atoms with E-state index in [1.54, 1.807) is 12.1 Å². The standard InChI is InChI=1S/C12H14O.C11H12O2.C11H14O.C11H12S.C10H10F2O2.C10H12O2/c1-8(2)10-4-3-9-5-6-12(13)11(9)7-10;1-7(2)8-3-4-9-6-13-11(12)10(9)5-8;1-8(2)9-3-4-10-6-12-7-11(10)5-9;1-8(2)9-4-3-5-11-10(9)6-7-12-11;1-6(2)7-3-4-8-9(5-7)14-10(11,12)13-8;1-7(2)8-3-4-9-10(5-8)12-6-11-9/h3-4,7-8H,5-6H2,1-2H3;3-5,7H,6H2,1-2H3;3-5,8H,6-7H2,1-2H3;3-8H,1-2H3;3-6H,1-2H3;3-5,7H,6H2,1-2H3. The molecule has 0 spiro atoms. The van der Waals surface area contributed by atoms with Crippen molar-refractivity contribution in [1.29, 1.82) is 0 Å². The van der Waals surface area contributed by atoms with E-state index in [4.69, 9.17) is 18.9 Å². The zero-order valence-electron chi connectivity index (χ0n) is 46.2. The number of ether oxygens (including phenoxy) is 6. The van der Waals surface area contributed by atoms with E-state index in [-0.39, 0.29) is 23.4 Å². The third kappa shape index (κ3) is 14.7. The summed E-state index contributed by atoms with van der Waals surface area (Å²) in [6, 6.07) is 38.7. The molecule has 4 aliphatic heterocycles. The largest absolute Gasteiger partial charge is 0.586 e. The molecule has 8 nitrogen and oxygen atoms in total. The molecule has 0 saturated heterocycles. The summed E-state index contributed by atoms with van der Waals surface area (Å²) in [6.45, 7) is 28.1. The number of rotatable bonds is 6. The summed E-state index contributed by atoms with van der Waals surface area (Å²) in [5, 5.41) is 3.59. The van der Waals surface area contributed by atoms with E-state index in [1.165, 1.54) is 60.7 Å². The highest BCUT2D eigenvalue weighted by Crippen LogP contribution is 2.42. The number of esters is 1. The first kappa shape index (κ1) is 57.2. The number of hydrogen-bond acceptors (Lipinski definition) is 9. The lowest BCUT2D eigenvalue weighted by Crippen LogP contribution is -2.25. The van der Waals surface area contributed by atoms with Crippen LogP contribution in [0, 0.1) is 0 Å². The number of alkyl halides is 2. The van der Waals surface area contributed by atoms with Crippen LogP contribution < -0.4 is 18.9 Å². The summed E-state index contributed by atoms with van der Waals surface area (Å²) in [6.07, 6.45) is -1.87. The predicted octanol–water partition coefficient (Wildman–Crippen LogP) is 18.0. The minimum Gasteiger partial charge on any atom is -0.457 e. The fraction of sp³-hybridized carbons (Fsp3) is 0.385. The monoisotopic (exact) mass is 1050 g/mol. The van der Waals surface area contributed by atoms with Crippen LogP contribution in [0.5, 0.6) is 23.0 Å². The molecule has 402 valence electrons. The molecule has 12 rings (SSSR count). The minimum atomic E-state index is -3.52. The highest BCUT2D eigenvalue weighted by molar-refractivity contribution is 7.17. The van der Waals surface area contributed by atoms with Gasteiger partial charge in [0.2, 0.25) is 6.79 Å². The molecule has 0 N–H and O–H groups in total. The Kier molecular flexibility index (Phi) is 19.2. The summed E-state index contributed by atoms with van der Waals surface area (Å²) in [4.78, 5) is 22.7. The van der Waals surface area contributed by atoms with Gasteiger partial charge in [-0.15, -0.1) is 20.1 Å². The number of carbonyl (C=O) groups is 2. The quantitative estimate of drug-likeness (QED) is 0.152. The first-order chi connectivity index (χ1) is 36.2. The molecule has 7 aromatic rings. The van der Waals surface area contributed by atoms with Crippen molar-refractivity contribution in [2.45, 2.75) is 158 Å². The average molecular weight is 1050 g/mol. The average Bonchev–Trinajstić information content (AvgIpc) is 4.28. The van der Waals surface area contributed by atoms with Gasteiger partial charge in [0.15, 0.2) is 28.8 Å². The van der Waals surface area contributed by atoms with Gasteiger partial charge in [0.25, 0.3) is 0 Å². The number of thiophene rings is 1. The van der Waals surface area contributed by atoms with Gasteiger partial charge in [-0.3, -0.25) is 4.79 Å². The Labute approximate surface area is 452 Å². The van der Waals surface area contributed by atoms with Crippen molar-refractivity contribution in [2.24, 2.45) is 0 Å². The van der Waals surface area contributed by atoms with Gasteiger partial charge < -0.3 is 28.4 Å². The Morgan fingerprint density at radius 1 is 0.461 bits per heavy atom. The van der Waals surface area contributed by atoms with Gasteiger partial charge in [-0.2, -0.15) is 0 Å². The van der Waals surface area contributed by atoms with Crippen molar-refractivity contribution in [2.75, 3.05) is 6.79 Å². The van der Waals surface area contributed by atoms with Crippen LogP contribution in [0.3, 0.4) is 0 Å².